The number of rotatable bonds is 77. The Morgan fingerprint density at radius 2 is 0.526 bits per heavy atom. The number of phosphoric acid groups is 2. The van der Waals surface area contributed by atoms with Crippen molar-refractivity contribution in [3.63, 3.8) is 0 Å². The molecule has 0 aromatic heterocycles. The molecule has 0 saturated carbocycles. The Hall–Kier alpha value is -1.94. The highest BCUT2D eigenvalue weighted by Crippen LogP contribution is 2.45. The number of aliphatic hydroxyl groups excluding tert-OH is 1. The highest BCUT2D eigenvalue weighted by atomic mass is 31.2. The lowest BCUT2D eigenvalue weighted by Crippen LogP contribution is -2.30. The first-order valence-electron chi connectivity index (χ1n) is 40.5. The molecule has 17 nitrogen and oxygen atoms in total. The van der Waals surface area contributed by atoms with Crippen molar-refractivity contribution in [3.8, 4) is 0 Å². The number of aliphatic hydroxyl groups is 1. The van der Waals surface area contributed by atoms with E-state index in [4.69, 9.17) is 37.0 Å². The van der Waals surface area contributed by atoms with Crippen molar-refractivity contribution < 1.29 is 80.2 Å². The van der Waals surface area contributed by atoms with Gasteiger partial charge in [-0.3, -0.25) is 37.3 Å². The van der Waals surface area contributed by atoms with E-state index in [1.807, 2.05) is 0 Å². The molecule has 0 saturated heterocycles. The van der Waals surface area contributed by atoms with Crippen LogP contribution in [-0.4, -0.2) is 96.7 Å². The zero-order valence-corrected chi connectivity index (χ0v) is 65.2. The number of ether oxygens (including phenoxy) is 4. The summed E-state index contributed by atoms with van der Waals surface area (Å²) in [6.45, 7) is 9.59. The largest absolute Gasteiger partial charge is 0.472 e. The van der Waals surface area contributed by atoms with Crippen molar-refractivity contribution in [1.29, 1.82) is 0 Å². The smallest absolute Gasteiger partial charge is 0.462 e. The van der Waals surface area contributed by atoms with Crippen LogP contribution in [0.15, 0.2) is 0 Å². The number of hydrogen-bond acceptors (Lipinski definition) is 15. The monoisotopic (exact) mass is 1420 g/mol. The molecule has 3 N–H and O–H groups in total. The van der Waals surface area contributed by atoms with Crippen molar-refractivity contribution in [2.24, 2.45) is 11.8 Å². The van der Waals surface area contributed by atoms with Crippen LogP contribution in [-0.2, 0) is 65.4 Å². The maximum atomic E-state index is 13.1. The molecule has 0 aromatic carbocycles. The van der Waals surface area contributed by atoms with E-state index in [1.54, 1.807) is 0 Å². The van der Waals surface area contributed by atoms with Gasteiger partial charge in [0, 0.05) is 25.7 Å². The molecule has 576 valence electrons. The molecule has 0 aromatic rings. The second-order valence-electron chi connectivity index (χ2n) is 28.8. The van der Waals surface area contributed by atoms with Crippen molar-refractivity contribution in [2.45, 2.75) is 426 Å². The fraction of sp³-hybridized carbons (Fsp3) is 0.949. The van der Waals surface area contributed by atoms with Gasteiger partial charge in [-0.15, -0.1) is 0 Å². The summed E-state index contributed by atoms with van der Waals surface area (Å²) in [4.78, 5) is 72.9. The average Bonchev–Trinajstić information content (AvgIpc) is 1.19. The third kappa shape index (κ3) is 70.9. The molecular formula is C78H152O17P2. The molecular weight excluding hydrogens is 1270 g/mol. The Balaban J connectivity index is 5.21. The Morgan fingerprint density at radius 1 is 0.299 bits per heavy atom. The first kappa shape index (κ1) is 95.1. The number of hydrogen-bond donors (Lipinski definition) is 3. The number of esters is 4. The van der Waals surface area contributed by atoms with Gasteiger partial charge in [0.25, 0.3) is 0 Å². The van der Waals surface area contributed by atoms with Crippen LogP contribution in [0.4, 0.5) is 0 Å². The maximum Gasteiger partial charge on any atom is 0.472 e. The lowest BCUT2D eigenvalue weighted by molar-refractivity contribution is -0.161. The molecule has 0 aliphatic rings. The van der Waals surface area contributed by atoms with Gasteiger partial charge in [-0.05, 0) is 37.5 Å². The zero-order chi connectivity index (χ0) is 71.4. The molecule has 0 fully saturated rings. The van der Waals surface area contributed by atoms with E-state index in [1.165, 1.54) is 225 Å². The summed E-state index contributed by atoms with van der Waals surface area (Å²) in [5.74, 6) is -0.587. The van der Waals surface area contributed by atoms with Crippen LogP contribution >= 0.6 is 15.6 Å². The summed E-state index contributed by atoms with van der Waals surface area (Å²) in [6.07, 6.45) is 58.3. The molecule has 0 heterocycles. The highest BCUT2D eigenvalue weighted by Gasteiger charge is 2.30. The number of unbranched alkanes of at least 4 members (excludes halogenated alkanes) is 46. The van der Waals surface area contributed by atoms with E-state index in [2.05, 4.69) is 41.5 Å². The zero-order valence-electron chi connectivity index (χ0n) is 63.4. The SMILES string of the molecule is CCCCCCCCCCCCCCCCCCCCCCCC(=O)O[C@H](COC(=O)CCCCCCCCCCCCC(C)C)COP(=O)(O)OC[C@@H](O)COP(=O)(O)OC[C@@H](COC(=O)CCCCCCCCCCCCC)OC(=O)CCCCCCCCCCC(C)CC. The van der Waals surface area contributed by atoms with Crippen molar-refractivity contribution in [2.75, 3.05) is 39.6 Å². The summed E-state index contributed by atoms with van der Waals surface area (Å²) in [5, 5.41) is 10.6. The van der Waals surface area contributed by atoms with Crippen molar-refractivity contribution in [1.82, 2.24) is 0 Å². The molecule has 3 unspecified atom stereocenters. The second kappa shape index (κ2) is 69.8. The van der Waals surface area contributed by atoms with Gasteiger partial charge in [-0.2, -0.15) is 0 Å². The summed E-state index contributed by atoms with van der Waals surface area (Å²) in [7, 11) is -9.91. The van der Waals surface area contributed by atoms with Gasteiger partial charge in [0.05, 0.1) is 26.4 Å². The van der Waals surface area contributed by atoms with E-state index in [0.717, 1.165) is 102 Å². The van der Waals surface area contributed by atoms with Crippen molar-refractivity contribution in [3.05, 3.63) is 0 Å². The number of phosphoric ester groups is 2. The van der Waals surface area contributed by atoms with Crippen LogP contribution in [0.25, 0.3) is 0 Å². The molecule has 6 atom stereocenters. The fourth-order valence-electron chi connectivity index (χ4n) is 12.0. The quantitative estimate of drug-likeness (QED) is 0.0222. The standard InChI is InChI=1S/C78H152O17P2/c1-7-10-12-14-16-18-20-21-22-23-24-25-26-27-28-29-31-37-44-50-56-62-77(82)94-73(66-89-76(81)61-55-49-43-36-33-32-34-40-46-52-58-70(4)5)68-92-96(84,85)90-64-72(79)65-91-97(86,87)93-69-74(67-88-75(80)60-54-48-42-35-30-19-17-15-13-11-8-2)95-78(83)63-57-51-45-39-38-41-47-53-59-71(6)9-3/h70-74,79H,7-69H2,1-6H3,(H,84,85)(H,86,87)/t71?,72-,73-,74-/m1/s1. The summed E-state index contributed by atoms with van der Waals surface area (Å²) in [5.41, 5.74) is 0. The topological polar surface area (TPSA) is 237 Å². The molecule has 0 aliphatic heterocycles. The Labute approximate surface area is 594 Å². The van der Waals surface area contributed by atoms with Crippen LogP contribution in [0.1, 0.15) is 408 Å². The van der Waals surface area contributed by atoms with Gasteiger partial charge >= 0.3 is 39.5 Å². The lowest BCUT2D eigenvalue weighted by Gasteiger charge is -2.21. The van der Waals surface area contributed by atoms with Crippen LogP contribution in [0, 0.1) is 11.8 Å². The van der Waals surface area contributed by atoms with E-state index < -0.39 is 97.5 Å². The third-order valence-corrected chi connectivity index (χ3v) is 20.5. The van der Waals surface area contributed by atoms with Crippen molar-refractivity contribution >= 4 is 39.5 Å². The molecule has 0 aliphatic carbocycles. The Kier molecular flexibility index (Phi) is 68.4. The molecule has 0 rings (SSSR count). The van der Waals surface area contributed by atoms with Gasteiger partial charge in [-0.25, -0.2) is 9.13 Å². The van der Waals surface area contributed by atoms with Gasteiger partial charge < -0.3 is 33.8 Å². The van der Waals surface area contributed by atoms with E-state index in [-0.39, 0.29) is 25.7 Å². The minimum absolute atomic E-state index is 0.105. The minimum Gasteiger partial charge on any atom is -0.462 e. The van der Waals surface area contributed by atoms with Gasteiger partial charge in [0.2, 0.25) is 0 Å². The maximum absolute atomic E-state index is 13.1. The van der Waals surface area contributed by atoms with Gasteiger partial charge in [0.15, 0.2) is 12.2 Å². The van der Waals surface area contributed by atoms with Crippen LogP contribution in [0.5, 0.6) is 0 Å². The van der Waals surface area contributed by atoms with E-state index >= 15 is 0 Å². The molecule has 0 radical (unpaired) electrons. The normalized spacial score (nSPS) is 14.2. The van der Waals surface area contributed by atoms with Gasteiger partial charge in [-0.1, -0.05) is 356 Å². The van der Waals surface area contributed by atoms with E-state index in [0.29, 0.717) is 25.7 Å². The second-order valence-corrected chi connectivity index (χ2v) is 31.7. The molecule has 0 amide bonds. The predicted molar refractivity (Wildman–Crippen MR) is 395 cm³/mol. The van der Waals surface area contributed by atoms with Crippen LogP contribution in [0.2, 0.25) is 0 Å². The summed E-state index contributed by atoms with van der Waals surface area (Å²) in [6, 6.07) is 0. The molecule has 19 heteroatoms. The lowest BCUT2D eigenvalue weighted by atomic mass is 9.99. The predicted octanol–water partition coefficient (Wildman–Crippen LogP) is 23.1. The Morgan fingerprint density at radius 3 is 0.784 bits per heavy atom. The summed E-state index contributed by atoms with van der Waals surface area (Å²) >= 11 is 0. The first-order chi connectivity index (χ1) is 46.9. The molecule has 0 spiro atoms. The third-order valence-electron chi connectivity index (χ3n) is 18.6. The number of carbonyl (C=O) groups is 4. The van der Waals surface area contributed by atoms with Crippen LogP contribution in [0.3, 0.4) is 0 Å². The van der Waals surface area contributed by atoms with Crippen LogP contribution < -0.4 is 0 Å². The first-order valence-corrected chi connectivity index (χ1v) is 43.5. The highest BCUT2D eigenvalue weighted by molar-refractivity contribution is 7.47. The minimum atomic E-state index is -4.96. The molecule has 0 bridgehead atoms. The average molecular weight is 1420 g/mol. The number of carbonyl (C=O) groups excluding carboxylic acids is 4. The van der Waals surface area contributed by atoms with E-state index in [9.17, 15) is 43.2 Å². The Bertz CT molecular complexity index is 1870. The summed E-state index contributed by atoms with van der Waals surface area (Å²) < 4.78 is 68.6. The molecule has 97 heavy (non-hydrogen) atoms. The fourth-order valence-corrected chi connectivity index (χ4v) is 13.6. The van der Waals surface area contributed by atoms with Gasteiger partial charge in [0.1, 0.15) is 19.3 Å².